The van der Waals surface area contributed by atoms with Gasteiger partial charge in [-0.2, -0.15) is 0 Å². The number of rotatable bonds is 7. The molecule has 0 aromatic carbocycles. The molecule has 1 atom stereocenters. The van der Waals surface area contributed by atoms with Gasteiger partial charge in [-0.1, -0.05) is 0 Å². The van der Waals surface area contributed by atoms with Gasteiger partial charge < -0.3 is 19.7 Å². The van der Waals surface area contributed by atoms with Crippen molar-refractivity contribution in [1.82, 2.24) is 9.88 Å². The van der Waals surface area contributed by atoms with Gasteiger partial charge in [-0.15, -0.1) is 0 Å². The maximum absolute atomic E-state index is 11.9. The summed E-state index contributed by atoms with van der Waals surface area (Å²) in [5, 5.41) is 16.1. The van der Waals surface area contributed by atoms with Gasteiger partial charge in [0.2, 0.25) is 10.0 Å². The number of primary sulfonamides is 1. The van der Waals surface area contributed by atoms with E-state index in [-0.39, 0.29) is 23.6 Å². The van der Waals surface area contributed by atoms with Gasteiger partial charge >= 0.3 is 5.97 Å². The molecule has 1 amide bonds. The Bertz CT molecular complexity index is 636. The SMILES string of the molecule is COC(CNC(=O)c1cc(S(N)(=O)=O)cn1C)CC(=O)O. The van der Waals surface area contributed by atoms with E-state index in [1.54, 1.807) is 0 Å². The molecule has 0 aliphatic heterocycles. The quantitative estimate of drug-likeness (QED) is 0.582. The summed E-state index contributed by atoms with van der Waals surface area (Å²) in [7, 11) is -1.06. The van der Waals surface area contributed by atoms with Gasteiger partial charge in [-0.25, -0.2) is 13.6 Å². The zero-order valence-corrected chi connectivity index (χ0v) is 12.4. The van der Waals surface area contributed by atoms with Gasteiger partial charge in [-0.3, -0.25) is 9.59 Å². The summed E-state index contributed by atoms with van der Waals surface area (Å²) in [6.07, 6.45) is 0.284. The van der Waals surface area contributed by atoms with Crippen LogP contribution in [0.25, 0.3) is 0 Å². The van der Waals surface area contributed by atoms with Crippen LogP contribution >= 0.6 is 0 Å². The molecule has 1 aromatic heterocycles. The van der Waals surface area contributed by atoms with Crippen molar-refractivity contribution in [3.05, 3.63) is 18.0 Å². The fourth-order valence-electron chi connectivity index (χ4n) is 1.65. The number of nitrogens with zero attached hydrogens (tertiary/aromatic N) is 1. The van der Waals surface area contributed by atoms with Crippen molar-refractivity contribution in [2.45, 2.75) is 17.4 Å². The fourth-order valence-corrected chi connectivity index (χ4v) is 2.23. The van der Waals surface area contributed by atoms with E-state index >= 15 is 0 Å². The highest BCUT2D eigenvalue weighted by Crippen LogP contribution is 2.11. The van der Waals surface area contributed by atoms with Crippen LogP contribution in [0.3, 0.4) is 0 Å². The second-order valence-corrected chi connectivity index (χ2v) is 5.94. The molecule has 0 radical (unpaired) electrons. The highest BCUT2D eigenvalue weighted by Gasteiger charge is 2.19. The summed E-state index contributed by atoms with van der Waals surface area (Å²) < 4.78 is 28.6. The van der Waals surface area contributed by atoms with Crippen molar-refractivity contribution >= 4 is 21.9 Å². The number of nitrogens with one attached hydrogen (secondary N) is 1. The lowest BCUT2D eigenvalue weighted by molar-refractivity contribution is -0.139. The molecule has 1 aromatic rings. The van der Waals surface area contributed by atoms with E-state index in [2.05, 4.69) is 5.32 Å². The Hall–Kier alpha value is -1.91. The molecule has 0 bridgehead atoms. The topological polar surface area (TPSA) is 141 Å². The predicted molar refractivity (Wildman–Crippen MR) is 72.2 cm³/mol. The standard InChI is InChI=1S/C11H17N3O6S/c1-14-6-8(21(12,18)19)4-9(14)11(17)13-5-7(20-2)3-10(15)16/h4,6-7H,3,5H2,1-2H3,(H,13,17)(H,15,16)(H2,12,18,19). The van der Waals surface area contributed by atoms with Crippen LogP contribution < -0.4 is 10.5 Å². The molecule has 0 saturated carbocycles. The molecule has 9 nitrogen and oxygen atoms in total. The van der Waals surface area contributed by atoms with Crippen LogP contribution in [0, 0.1) is 0 Å². The Morgan fingerprint density at radius 3 is 2.57 bits per heavy atom. The zero-order valence-electron chi connectivity index (χ0n) is 11.6. The van der Waals surface area contributed by atoms with E-state index in [4.69, 9.17) is 15.0 Å². The molecule has 21 heavy (non-hydrogen) atoms. The van der Waals surface area contributed by atoms with E-state index in [0.29, 0.717) is 0 Å². The molecular weight excluding hydrogens is 302 g/mol. The van der Waals surface area contributed by atoms with Gasteiger partial charge in [-0.05, 0) is 6.07 Å². The van der Waals surface area contributed by atoms with Crippen LogP contribution in [0.5, 0.6) is 0 Å². The maximum Gasteiger partial charge on any atom is 0.306 e. The molecule has 118 valence electrons. The lowest BCUT2D eigenvalue weighted by atomic mass is 10.2. The summed E-state index contributed by atoms with van der Waals surface area (Å²) in [5.74, 6) is -1.61. The molecule has 0 saturated heterocycles. The molecule has 0 aliphatic rings. The number of carboxylic acid groups (broad SMARTS) is 1. The maximum atomic E-state index is 11.9. The smallest absolute Gasteiger partial charge is 0.306 e. The molecule has 10 heteroatoms. The molecule has 0 fully saturated rings. The lowest BCUT2D eigenvalue weighted by Gasteiger charge is -2.14. The molecule has 0 aliphatic carbocycles. The van der Waals surface area contributed by atoms with Crippen molar-refractivity contribution < 1.29 is 27.9 Å². The third kappa shape index (κ3) is 4.85. The van der Waals surface area contributed by atoms with E-state index in [1.165, 1.54) is 24.9 Å². The number of aromatic nitrogens is 1. The Morgan fingerprint density at radius 2 is 2.14 bits per heavy atom. The first-order chi connectivity index (χ1) is 9.65. The van der Waals surface area contributed by atoms with Crippen molar-refractivity contribution in [3.63, 3.8) is 0 Å². The van der Waals surface area contributed by atoms with Gasteiger partial charge in [0.15, 0.2) is 0 Å². The molecule has 1 unspecified atom stereocenters. The number of carbonyl (C=O) groups excluding carboxylic acids is 1. The number of carboxylic acids is 1. The van der Waals surface area contributed by atoms with Crippen LogP contribution in [0.2, 0.25) is 0 Å². The van der Waals surface area contributed by atoms with Crippen molar-refractivity contribution in [2.75, 3.05) is 13.7 Å². The normalized spacial score (nSPS) is 12.9. The molecule has 1 heterocycles. The van der Waals surface area contributed by atoms with E-state index in [0.717, 1.165) is 6.07 Å². The number of aryl methyl sites for hydroxylation is 1. The van der Waals surface area contributed by atoms with Crippen LogP contribution in [0.15, 0.2) is 17.2 Å². The summed E-state index contributed by atoms with van der Waals surface area (Å²) in [4.78, 5) is 22.3. The van der Waals surface area contributed by atoms with E-state index in [9.17, 15) is 18.0 Å². The summed E-state index contributed by atoms with van der Waals surface area (Å²) in [5.41, 5.74) is 0.0872. The Kier molecular flexibility index (Phi) is 5.47. The second-order valence-electron chi connectivity index (χ2n) is 4.38. The third-order valence-electron chi connectivity index (χ3n) is 2.77. The first-order valence-corrected chi connectivity index (χ1v) is 7.41. The van der Waals surface area contributed by atoms with Gasteiger partial charge in [0.1, 0.15) is 10.6 Å². The molecule has 0 spiro atoms. The number of nitrogens with two attached hydrogens (primary N) is 1. The third-order valence-corrected chi connectivity index (χ3v) is 3.65. The summed E-state index contributed by atoms with van der Waals surface area (Å²) >= 11 is 0. The summed E-state index contributed by atoms with van der Waals surface area (Å²) in [6.45, 7) is -0.0163. The van der Waals surface area contributed by atoms with E-state index in [1.807, 2.05) is 0 Å². The number of sulfonamides is 1. The van der Waals surface area contributed by atoms with Crippen molar-refractivity contribution in [1.29, 1.82) is 0 Å². The lowest BCUT2D eigenvalue weighted by Crippen LogP contribution is -2.35. The number of ether oxygens (including phenoxy) is 1. The Balaban J connectivity index is 2.76. The average molecular weight is 319 g/mol. The largest absolute Gasteiger partial charge is 0.481 e. The zero-order chi connectivity index (χ0) is 16.2. The Labute approximate surface area is 121 Å². The fraction of sp³-hybridized carbons (Fsp3) is 0.455. The average Bonchev–Trinajstić information content (AvgIpc) is 2.75. The number of carbonyl (C=O) groups is 2. The van der Waals surface area contributed by atoms with Gasteiger partial charge in [0.25, 0.3) is 5.91 Å². The van der Waals surface area contributed by atoms with Crippen molar-refractivity contribution in [2.24, 2.45) is 12.2 Å². The van der Waals surface area contributed by atoms with Crippen LogP contribution in [0.1, 0.15) is 16.9 Å². The first kappa shape index (κ1) is 17.1. The Morgan fingerprint density at radius 1 is 1.52 bits per heavy atom. The first-order valence-electron chi connectivity index (χ1n) is 5.87. The minimum Gasteiger partial charge on any atom is -0.481 e. The molecule has 4 N–H and O–H groups in total. The number of hydrogen-bond donors (Lipinski definition) is 3. The number of hydrogen-bond acceptors (Lipinski definition) is 5. The number of aliphatic carboxylic acids is 1. The van der Waals surface area contributed by atoms with Crippen molar-refractivity contribution in [3.8, 4) is 0 Å². The molecule has 1 rings (SSSR count). The molecular formula is C11H17N3O6S. The minimum atomic E-state index is -3.89. The van der Waals surface area contributed by atoms with Gasteiger partial charge in [0.05, 0.1) is 12.5 Å². The van der Waals surface area contributed by atoms with E-state index < -0.39 is 28.0 Å². The summed E-state index contributed by atoms with van der Waals surface area (Å²) in [6, 6.07) is 1.14. The predicted octanol–water partition coefficient (Wildman–Crippen LogP) is -1.11. The monoisotopic (exact) mass is 319 g/mol. The van der Waals surface area contributed by atoms with Gasteiger partial charge in [0, 0.05) is 26.9 Å². The minimum absolute atomic E-state index is 0.0163. The van der Waals surface area contributed by atoms with Crippen LogP contribution in [-0.2, 0) is 26.6 Å². The highest BCUT2D eigenvalue weighted by molar-refractivity contribution is 7.89. The number of methoxy groups -OCH3 is 1. The number of amides is 1. The van der Waals surface area contributed by atoms with Crippen LogP contribution in [-0.4, -0.2) is 49.7 Å². The highest BCUT2D eigenvalue weighted by atomic mass is 32.2. The van der Waals surface area contributed by atoms with Crippen LogP contribution in [0.4, 0.5) is 0 Å². The second kappa shape index (κ2) is 6.70.